The molecule has 0 aliphatic carbocycles. The molecule has 2 aromatic carbocycles. The summed E-state index contributed by atoms with van der Waals surface area (Å²) in [5.74, 6) is 0.795. The van der Waals surface area contributed by atoms with Crippen LogP contribution in [0.5, 0.6) is 0 Å². The van der Waals surface area contributed by atoms with Crippen molar-refractivity contribution in [3.05, 3.63) is 84.0 Å². The molecular formula is C22H28N4. The maximum Gasteiger partial charge on any atom is 0.132 e. The molecule has 0 aliphatic heterocycles. The van der Waals surface area contributed by atoms with Gasteiger partial charge in [0.2, 0.25) is 0 Å². The van der Waals surface area contributed by atoms with Crippen molar-refractivity contribution in [2.45, 2.75) is 20.3 Å². The number of amidine groups is 1. The minimum Gasteiger partial charge on any atom is -0.398 e. The van der Waals surface area contributed by atoms with Crippen LogP contribution in [0.2, 0.25) is 0 Å². The number of allylic oxidation sites excluding steroid dienone is 2. The first-order valence-electron chi connectivity index (χ1n) is 8.46. The minimum atomic E-state index is 0.594. The van der Waals surface area contributed by atoms with E-state index < -0.39 is 0 Å². The standard InChI is InChI=1S/C16H18N4.C6H10/c1-11-5-3-4-6-14(11)16(19-2)20-13-7-8-15(18)12(9-13)10-17;1-4-6(3)5-2/h3-10,17H,18H2,1-2H3,(H,19,20);4H,1,3,5H2,2H3. The first kappa shape index (κ1) is 20.9. The van der Waals surface area contributed by atoms with Gasteiger partial charge in [0.15, 0.2) is 0 Å². The van der Waals surface area contributed by atoms with Gasteiger partial charge >= 0.3 is 0 Å². The van der Waals surface area contributed by atoms with Crippen molar-refractivity contribution in [3.63, 3.8) is 0 Å². The lowest BCUT2D eigenvalue weighted by Crippen LogP contribution is -2.15. The minimum absolute atomic E-state index is 0.594. The van der Waals surface area contributed by atoms with Crippen LogP contribution < -0.4 is 11.1 Å². The number of rotatable bonds is 5. The average molecular weight is 348 g/mol. The smallest absolute Gasteiger partial charge is 0.132 e. The van der Waals surface area contributed by atoms with Gasteiger partial charge < -0.3 is 16.5 Å². The number of nitrogens with two attached hydrogens (primary N) is 1. The lowest BCUT2D eigenvalue weighted by atomic mass is 10.1. The molecule has 0 saturated carbocycles. The third kappa shape index (κ3) is 6.06. The summed E-state index contributed by atoms with van der Waals surface area (Å²) in [4.78, 5) is 4.31. The lowest BCUT2D eigenvalue weighted by Gasteiger charge is -2.13. The molecule has 4 heteroatoms. The number of nitrogens with one attached hydrogen (secondary N) is 2. The molecule has 0 radical (unpaired) electrons. The molecule has 0 fully saturated rings. The number of hydrogen-bond acceptors (Lipinski definition) is 3. The Morgan fingerprint density at radius 3 is 2.46 bits per heavy atom. The van der Waals surface area contributed by atoms with Crippen LogP contribution in [0.1, 0.15) is 30.0 Å². The van der Waals surface area contributed by atoms with Gasteiger partial charge in [-0.2, -0.15) is 0 Å². The molecule has 2 aromatic rings. The number of nitrogen functional groups attached to an aromatic ring is 1. The van der Waals surface area contributed by atoms with Crippen LogP contribution in [0, 0.1) is 12.3 Å². The molecule has 136 valence electrons. The van der Waals surface area contributed by atoms with Crippen LogP contribution in [0.4, 0.5) is 11.4 Å². The molecule has 4 nitrogen and oxygen atoms in total. The maximum absolute atomic E-state index is 7.34. The summed E-state index contributed by atoms with van der Waals surface area (Å²) in [6, 6.07) is 13.6. The van der Waals surface area contributed by atoms with Crippen LogP contribution in [-0.4, -0.2) is 19.1 Å². The Labute approximate surface area is 156 Å². The fourth-order valence-electron chi connectivity index (χ4n) is 2.14. The third-order valence-electron chi connectivity index (χ3n) is 3.87. The summed E-state index contributed by atoms with van der Waals surface area (Å²) in [5.41, 5.74) is 11.3. The Hall–Kier alpha value is -3.14. The SMILES string of the molecule is C=CC(=C)CC.CN=C(Nc1ccc(N)c(C=N)c1)c1ccccc1C. The molecule has 2 rings (SSSR count). The van der Waals surface area contributed by atoms with Crippen molar-refractivity contribution in [2.24, 2.45) is 4.99 Å². The Morgan fingerprint density at radius 2 is 1.96 bits per heavy atom. The van der Waals surface area contributed by atoms with E-state index in [-0.39, 0.29) is 0 Å². The van der Waals surface area contributed by atoms with Crippen molar-refractivity contribution < 1.29 is 0 Å². The molecular weight excluding hydrogens is 320 g/mol. The molecule has 0 unspecified atom stereocenters. The molecule has 4 N–H and O–H groups in total. The summed E-state index contributed by atoms with van der Waals surface area (Å²) in [6.45, 7) is 11.3. The number of anilines is 2. The van der Waals surface area contributed by atoms with Gasteiger partial charge in [-0.25, -0.2) is 0 Å². The van der Waals surface area contributed by atoms with Crippen LogP contribution >= 0.6 is 0 Å². The lowest BCUT2D eigenvalue weighted by molar-refractivity contribution is 1.16. The van der Waals surface area contributed by atoms with Gasteiger partial charge in [0.25, 0.3) is 0 Å². The molecule has 26 heavy (non-hydrogen) atoms. The number of aliphatic imine (C=N–C) groups is 1. The first-order chi connectivity index (χ1) is 12.5. The van der Waals surface area contributed by atoms with E-state index in [0.29, 0.717) is 11.3 Å². The van der Waals surface area contributed by atoms with Crippen LogP contribution in [0.25, 0.3) is 0 Å². The highest BCUT2D eigenvalue weighted by atomic mass is 15.0. The van der Waals surface area contributed by atoms with E-state index in [4.69, 9.17) is 11.1 Å². The highest BCUT2D eigenvalue weighted by molar-refractivity contribution is 6.09. The zero-order valence-corrected chi connectivity index (χ0v) is 15.8. The summed E-state index contributed by atoms with van der Waals surface area (Å²) in [7, 11) is 1.75. The predicted molar refractivity (Wildman–Crippen MR) is 116 cm³/mol. The molecule has 0 spiro atoms. The second-order valence-electron chi connectivity index (χ2n) is 5.72. The van der Waals surface area contributed by atoms with Gasteiger partial charge in [-0.3, -0.25) is 4.99 Å². The molecule has 0 atom stereocenters. The molecule has 0 aromatic heterocycles. The van der Waals surface area contributed by atoms with Gasteiger partial charge in [-0.1, -0.05) is 56.0 Å². The molecule has 0 aliphatic rings. The second kappa shape index (κ2) is 10.7. The van der Waals surface area contributed by atoms with Crippen molar-refractivity contribution >= 4 is 23.4 Å². The number of nitrogens with zero attached hydrogens (tertiary/aromatic N) is 1. The monoisotopic (exact) mass is 348 g/mol. The number of aryl methyl sites for hydroxylation is 1. The van der Waals surface area contributed by atoms with E-state index >= 15 is 0 Å². The van der Waals surface area contributed by atoms with Gasteiger partial charge in [0.1, 0.15) is 5.84 Å². The van der Waals surface area contributed by atoms with Gasteiger partial charge in [0.05, 0.1) is 0 Å². The van der Waals surface area contributed by atoms with E-state index in [1.54, 1.807) is 19.2 Å². The normalized spacial score (nSPS) is 10.3. The Morgan fingerprint density at radius 1 is 1.27 bits per heavy atom. The van der Waals surface area contributed by atoms with Crippen LogP contribution in [0.3, 0.4) is 0 Å². The second-order valence-corrected chi connectivity index (χ2v) is 5.72. The molecule has 0 heterocycles. The predicted octanol–water partition coefficient (Wildman–Crippen LogP) is 5.20. The third-order valence-corrected chi connectivity index (χ3v) is 3.87. The van der Waals surface area contributed by atoms with Gasteiger partial charge in [-0.05, 0) is 37.1 Å². The van der Waals surface area contributed by atoms with Crippen molar-refractivity contribution in [3.8, 4) is 0 Å². The van der Waals surface area contributed by atoms with Gasteiger partial charge in [-0.15, -0.1) is 0 Å². The largest absolute Gasteiger partial charge is 0.398 e. The summed E-state index contributed by atoms with van der Waals surface area (Å²) in [5, 5.41) is 10.6. The highest BCUT2D eigenvalue weighted by Gasteiger charge is 2.07. The quantitative estimate of drug-likeness (QED) is 0.300. The summed E-state index contributed by atoms with van der Waals surface area (Å²) >= 11 is 0. The van der Waals surface area contributed by atoms with E-state index in [9.17, 15) is 0 Å². The number of hydrogen-bond donors (Lipinski definition) is 3. The zero-order chi connectivity index (χ0) is 19.5. The topological polar surface area (TPSA) is 74.3 Å². The van der Waals surface area contributed by atoms with Gasteiger partial charge in [0, 0.05) is 35.8 Å². The van der Waals surface area contributed by atoms with Crippen LogP contribution in [-0.2, 0) is 0 Å². The Bertz CT molecular complexity index is 804. The zero-order valence-electron chi connectivity index (χ0n) is 15.8. The maximum atomic E-state index is 7.34. The van der Waals surface area contributed by atoms with Crippen LogP contribution in [0.15, 0.2) is 72.3 Å². The fraction of sp³-hybridized carbons (Fsp3) is 0.182. The highest BCUT2D eigenvalue weighted by Crippen LogP contribution is 2.18. The summed E-state index contributed by atoms with van der Waals surface area (Å²) in [6.07, 6.45) is 4.04. The van der Waals surface area contributed by atoms with Crippen molar-refractivity contribution in [2.75, 3.05) is 18.1 Å². The molecule has 0 bridgehead atoms. The molecule has 0 amide bonds. The number of benzene rings is 2. The van der Waals surface area contributed by atoms with E-state index in [1.165, 1.54) is 6.21 Å². The first-order valence-corrected chi connectivity index (χ1v) is 8.46. The summed E-state index contributed by atoms with van der Waals surface area (Å²) < 4.78 is 0. The van der Waals surface area contributed by atoms with Crippen molar-refractivity contribution in [1.29, 1.82) is 5.41 Å². The average Bonchev–Trinajstić information content (AvgIpc) is 2.67. The Balaban J connectivity index is 0.000000487. The molecule has 0 saturated heterocycles. The van der Waals surface area contributed by atoms with E-state index in [2.05, 4.69) is 30.4 Å². The fourth-order valence-corrected chi connectivity index (χ4v) is 2.14. The van der Waals surface area contributed by atoms with Crippen molar-refractivity contribution in [1.82, 2.24) is 0 Å². The van der Waals surface area contributed by atoms with E-state index in [0.717, 1.165) is 34.6 Å². The van der Waals surface area contributed by atoms with E-state index in [1.807, 2.05) is 43.3 Å². The Kier molecular flexibility index (Phi) is 8.58.